The largest absolute Gasteiger partial charge is 0.367 e. The molecule has 0 amide bonds. The topological polar surface area (TPSA) is 45.1 Å². The number of nitrogens with zero attached hydrogens (tertiary/aromatic N) is 2. The van der Waals surface area contributed by atoms with E-state index in [2.05, 4.69) is 44.1 Å². The molecule has 1 atom stereocenters. The zero-order valence-electron chi connectivity index (χ0n) is 11.8. The van der Waals surface area contributed by atoms with Crippen molar-refractivity contribution in [3.8, 4) is 0 Å². The van der Waals surface area contributed by atoms with Gasteiger partial charge in [-0.05, 0) is 42.6 Å². The number of nitrogens with one attached hydrogen (secondary N) is 2. The van der Waals surface area contributed by atoms with Crippen LogP contribution >= 0.6 is 12.2 Å². The molecule has 0 spiro atoms. The van der Waals surface area contributed by atoms with Gasteiger partial charge in [0.2, 0.25) is 0 Å². The molecule has 1 aromatic heterocycles. The first-order valence-corrected chi connectivity index (χ1v) is 7.89. The molecule has 1 aromatic carbocycles. The number of hydrogen-bond acceptors (Lipinski definition) is 3. The van der Waals surface area contributed by atoms with Gasteiger partial charge in [-0.3, -0.25) is 4.99 Å². The highest BCUT2D eigenvalue weighted by Crippen LogP contribution is 2.30. The van der Waals surface area contributed by atoms with Crippen molar-refractivity contribution in [1.29, 1.82) is 0 Å². The van der Waals surface area contributed by atoms with Crippen molar-refractivity contribution < 1.29 is 0 Å². The Morgan fingerprint density at radius 1 is 1.24 bits per heavy atom. The van der Waals surface area contributed by atoms with E-state index >= 15 is 0 Å². The molecule has 2 heterocycles. The summed E-state index contributed by atoms with van der Waals surface area (Å²) in [4.78, 5) is 7.73. The van der Waals surface area contributed by atoms with Gasteiger partial charge in [-0.25, -0.2) is 0 Å². The first-order chi connectivity index (χ1) is 10.3. The third kappa shape index (κ3) is 2.21. The summed E-state index contributed by atoms with van der Waals surface area (Å²) in [6.45, 7) is 1.77. The minimum atomic E-state index is 0.416. The van der Waals surface area contributed by atoms with E-state index in [0.29, 0.717) is 6.04 Å². The molecule has 2 aromatic rings. The van der Waals surface area contributed by atoms with Crippen molar-refractivity contribution in [3.05, 3.63) is 52.1 Å². The number of rotatable bonds is 2. The highest BCUT2D eigenvalue weighted by molar-refractivity contribution is 7.71. The normalized spacial score (nSPS) is 20.8. The fourth-order valence-electron chi connectivity index (χ4n) is 3.39. The predicted molar refractivity (Wildman–Crippen MR) is 86.5 cm³/mol. The molecule has 4 rings (SSSR count). The Morgan fingerprint density at radius 2 is 2.10 bits per heavy atom. The minimum Gasteiger partial charge on any atom is -0.367 e. The second kappa shape index (κ2) is 5.15. The van der Waals surface area contributed by atoms with Crippen LogP contribution in [0.15, 0.2) is 35.5 Å². The molecule has 1 unspecified atom stereocenters. The van der Waals surface area contributed by atoms with Crippen LogP contribution in [0, 0.1) is 4.77 Å². The van der Waals surface area contributed by atoms with Crippen LogP contribution in [0.3, 0.4) is 0 Å². The van der Waals surface area contributed by atoms with Crippen molar-refractivity contribution >= 4 is 18.1 Å². The number of benzene rings is 1. The number of aliphatic imine (C=N–C) groups is 1. The molecule has 21 heavy (non-hydrogen) atoms. The molecule has 108 valence electrons. The number of amidine groups is 1. The van der Waals surface area contributed by atoms with Gasteiger partial charge in [0.25, 0.3) is 0 Å². The van der Waals surface area contributed by atoms with Crippen LogP contribution < -0.4 is 5.32 Å². The SMILES string of the molecule is S=c1[nH]cc(C2=NCCN2)n1C1CCc2ccccc2C1. The highest BCUT2D eigenvalue weighted by Gasteiger charge is 2.24. The summed E-state index contributed by atoms with van der Waals surface area (Å²) in [5.41, 5.74) is 4.03. The monoisotopic (exact) mass is 298 g/mol. The van der Waals surface area contributed by atoms with Gasteiger partial charge in [0, 0.05) is 18.8 Å². The summed E-state index contributed by atoms with van der Waals surface area (Å²) in [6, 6.07) is 9.15. The number of imidazole rings is 1. The van der Waals surface area contributed by atoms with Gasteiger partial charge in [0.15, 0.2) is 4.77 Å². The van der Waals surface area contributed by atoms with Crippen LogP contribution in [0.25, 0.3) is 0 Å². The summed E-state index contributed by atoms with van der Waals surface area (Å²) in [7, 11) is 0. The maximum absolute atomic E-state index is 5.51. The van der Waals surface area contributed by atoms with Crippen LogP contribution in [0.1, 0.15) is 29.3 Å². The lowest BCUT2D eigenvalue weighted by atomic mass is 9.88. The predicted octanol–water partition coefficient (Wildman–Crippen LogP) is 2.63. The Hall–Kier alpha value is -1.88. The molecular weight excluding hydrogens is 280 g/mol. The molecule has 0 radical (unpaired) electrons. The number of H-pyrrole nitrogens is 1. The van der Waals surface area contributed by atoms with Crippen LogP contribution in [0.2, 0.25) is 0 Å². The van der Waals surface area contributed by atoms with Gasteiger partial charge >= 0.3 is 0 Å². The molecule has 0 saturated carbocycles. The van der Waals surface area contributed by atoms with Crippen molar-refractivity contribution in [2.75, 3.05) is 13.1 Å². The number of fused-ring (bicyclic) bond motifs is 1. The number of aromatic amines is 1. The Labute approximate surface area is 128 Å². The van der Waals surface area contributed by atoms with Gasteiger partial charge in [0.1, 0.15) is 11.5 Å². The molecule has 0 saturated heterocycles. The second-order valence-corrected chi connectivity index (χ2v) is 6.06. The van der Waals surface area contributed by atoms with E-state index in [-0.39, 0.29) is 0 Å². The fourth-order valence-corrected chi connectivity index (χ4v) is 3.70. The van der Waals surface area contributed by atoms with Crippen molar-refractivity contribution in [3.63, 3.8) is 0 Å². The van der Waals surface area contributed by atoms with Crippen LogP contribution in [0.4, 0.5) is 0 Å². The molecule has 5 heteroatoms. The summed E-state index contributed by atoms with van der Waals surface area (Å²) in [5, 5.41) is 3.35. The maximum atomic E-state index is 5.51. The van der Waals surface area contributed by atoms with E-state index < -0.39 is 0 Å². The summed E-state index contributed by atoms with van der Waals surface area (Å²) in [5.74, 6) is 0.973. The fraction of sp³-hybridized carbons (Fsp3) is 0.375. The van der Waals surface area contributed by atoms with E-state index in [1.165, 1.54) is 11.1 Å². The maximum Gasteiger partial charge on any atom is 0.177 e. The lowest BCUT2D eigenvalue weighted by Gasteiger charge is -2.27. The first kappa shape index (κ1) is 12.8. The van der Waals surface area contributed by atoms with E-state index in [1.807, 2.05) is 6.20 Å². The Balaban J connectivity index is 1.72. The molecule has 2 aliphatic rings. The third-order valence-corrected chi connectivity index (χ3v) is 4.73. The zero-order valence-corrected chi connectivity index (χ0v) is 12.6. The van der Waals surface area contributed by atoms with E-state index in [1.54, 1.807) is 0 Å². The Morgan fingerprint density at radius 3 is 2.90 bits per heavy atom. The molecule has 2 N–H and O–H groups in total. The van der Waals surface area contributed by atoms with E-state index in [9.17, 15) is 0 Å². The molecule has 4 nitrogen and oxygen atoms in total. The van der Waals surface area contributed by atoms with Gasteiger partial charge in [-0.2, -0.15) is 0 Å². The summed E-state index contributed by atoms with van der Waals surface area (Å²) >= 11 is 5.51. The Bertz CT molecular complexity index is 756. The number of aryl methyl sites for hydroxylation is 1. The van der Waals surface area contributed by atoms with Crippen LogP contribution in [-0.2, 0) is 12.8 Å². The van der Waals surface area contributed by atoms with Gasteiger partial charge in [0.05, 0.1) is 6.54 Å². The van der Waals surface area contributed by atoms with Crippen LogP contribution in [0.5, 0.6) is 0 Å². The molecular formula is C16H18N4S. The van der Waals surface area contributed by atoms with Crippen molar-refractivity contribution in [1.82, 2.24) is 14.9 Å². The average Bonchev–Trinajstić information content (AvgIpc) is 3.16. The number of aromatic nitrogens is 2. The van der Waals surface area contributed by atoms with E-state index in [0.717, 1.165) is 48.7 Å². The second-order valence-electron chi connectivity index (χ2n) is 5.67. The Kier molecular flexibility index (Phi) is 3.15. The molecule has 1 aliphatic heterocycles. The van der Waals surface area contributed by atoms with E-state index in [4.69, 9.17) is 12.2 Å². The smallest absolute Gasteiger partial charge is 0.177 e. The molecule has 1 aliphatic carbocycles. The van der Waals surface area contributed by atoms with Gasteiger partial charge in [-0.15, -0.1) is 0 Å². The average molecular weight is 298 g/mol. The quantitative estimate of drug-likeness (QED) is 0.837. The molecule has 0 fully saturated rings. The standard InChI is InChI=1S/C16H18N4S/c21-16-19-10-14(15-17-7-8-18-15)20(16)13-6-5-11-3-1-2-4-12(11)9-13/h1-4,10,13H,5-9H2,(H,17,18)(H,19,21). The van der Waals surface area contributed by atoms with Gasteiger partial charge < -0.3 is 14.9 Å². The third-order valence-electron chi connectivity index (χ3n) is 4.41. The van der Waals surface area contributed by atoms with Crippen molar-refractivity contribution in [2.45, 2.75) is 25.3 Å². The summed E-state index contributed by atoms with van der Waals surface area (Å²) < 4.78 is 3.05. The van der Waals surface area contributed by atoms with Crippen LogP contribution in [-0.4, -0.2) is 28.5 Å². The van der Waals surface area contributed by atoms with Gasteiger partial charge in [-0.1, -0.05) is 24.3 Å². The lowest BCUT2D eigenvalue weighted by Crippen LogP contribution is -2.27. The summed E-state index contributed by atoms with van der Waals surface area (Å²) in [6.07, 6.45) is 5.28. The lowest BCUT2D eigenvalue weighted by molar-refractivity contribution is 0.436. The minimum absolute atomic E-state index is 0.416. The first-order valence-electron chi connectivity index (χ1n) is 7.48. The highest BCUT2D eigenvalue weighted by atomic mass is 32.1. The zero-order chi connectivity index (χ0) is 14.2. The number of hydrogen-bond donors (Lipinski definition) is 2. The molecule has 0 bridgehead atoms. The van der Waals surface area contributed by atoms with Crippen molar-refractivity contribution in [2.24, 2.45) is 4.99 Å².